The van der Waals surface area contributed by atoms with Gasteiger partial charge in [0.1, 0.15) is 12.7 Å². The number of carbonyl (C=O) groups is 1. The van der Waals surface area contributed by atoms with E-state index in [1.54, 1.807) is 0 Å². The first-order valence-electron chi connectivity index (χ1n) is 2.59. The smallest absolute Gasteiger partial charge is 0.198 e. The van der Waals surface area contributed by atoms with Gasteiger partial charge in [-0.15, -0.1) is 0 Å². The van der Waals surface area contributed by atoms with Crippen LogP contribution in [0.1, 0.15) is 6.92 Å². The molecule has 0 saturated carbocycles. The Hall–Kier alpha value is -0.970. The molecule has 0 radical (unpaired) electrons. The third-order valence-corrected chi connectivity index (χ3v) is 1.39. The van der Waals surface area contributed by atoms with Gasteiger partial charge in [0, 0.05) is 6.92 Å². The molecule has 0 aliphatic heterocycles. The fourth-order valence-corrected chi connectivity index (χ4v) is 0.867. The maximum Gasteiger partial charge on any atom is 0.198 e. The summed E-state index contributed by atoms with van der Waals surface area (Å²) in [6.45, 7) is 1.47. The van der Waals surface area contributed by atoms with Crippen molar-refractivity contribution in [3.8, 4) is 0 Å². The van der Waals surface area contributed by atoms with Crippen LogP contribution >= 0.6 is 11.8 Å². The van der Waals surface area contributed by atoms with Crippen LogP contribution in [0.25, 0.3) is 0 Å². The lowest BCUT2D eigenvalue weighted by atomic mass is 10.9. The summed E-state index contributed by atoms with van der Waals surface area (Å²) in [5, 5.41) is 0.425. The van der Waals surface area contributed by atoms with Gasteiger partial charge < -0.3 is 0 Å². The van der Waals surface area contributed by atoms with Crippen LogP contribution in [0.3, 0.4) is 0 Å². The van der Waals surface area contributed by atoms with Crippen molar-refractivity contribution in [2.45, 2.75) is 12.1 Å². The highest BCUT2D eigenvalue weighted by molar-refractivity contribution is 8.13. The van der Waals surface area contributed by atoms with Crippen molar-refractivity contribution >= 4 is 16.9 Å². The number of rotatable bonds is 1. The largest absolute Gasteiger partial charge is 0.287 e. The highest BCUT2D eigenvalue weighted by Crippen LogP contribution is 2.09. The molecule has 0 aliphatic rings. The predicted molar refractivity (Wildman–Crippen MR) is 36.4 cm³/mol. The lowest BCUT2D eigenvalue weighted by Crippen LogP contribution is -1.89. The van der Waals surface area contributed by atoms with Crippen molar-refractivity contribution < 1.29 is 4.79 Å². The van der Waals surface area contributed by atoms with Crippen molar-refractivity contribution in [2.24, 2.45) is 0 Å². The number of aromatic nitrogens is 3. The van der Waals surface area contributed by atoms with Crippen molar-refractivity contribution in [1.29, 1.82) is 0 Å². The van der Waals surface area contributed by atoms with E-state index in [0.717, 1.165) is 11.8 Å². The van der Waals surface area contributed by atoms with Crippen LogP contribution in [0.5, 0.6) is 0 Å². The second-order valence-corrected chi connectivity index (χ2v) is 2.66. The average Bonchev–Trinajstić information content (AvgIpc) is 1.88. The molecule has 0 unspecified atom stereocenters. The van der Waals surface area contributed by atoms with Crippen LogP contribution in [0, 0.1) is 0 Å². The summed E-state index contributed by atoms with van der Waals surface area (Å²) >= 11 is 0.997. The zero-order chi connectivity index (χ0) is 7.40. The van der Waals surface area contributed by atoms with E-state index in [2.05, 4.69) is 15.0 Å². The standard InChI is InChI=1S/C5H5N3OS/c1-4(9)10-5-7-2-6-3-8-5/h2-3H,1H3. The molecule has 4 nitrogen and oxygen atoms in total. The summed E-state index contributed by atoms with van der Waals surface area (Å²) in [7, 11) is 0. The van der Waals surface area contributed by atoms with Crippen LogP contribution in [0.4, 0.5) is 0 Å². The van der Waals surface area contributed by atoms with Crippen LogP contribution in [-0.2, 0) is 4.79 Å². The molecule has 0 aromatic carbocycles. The minimum atomic E-state index is -0.0220. The first-order chi connectivity index (χ1) is 4.79. The quantitative estimate of drug-likeness (QED) is 0.553. The van der Waals surface area contributed by atoms with E-state index in [1.807, 2.05) is 0 Å². The van der Waals surface area contributed by atoms with Crippen molar-refractivity contribution in [3.05, 3.63) is 12.7 Å². The van der Waals surface area contributed by atoms with Gasteiger partial charge in [-0.05, 0) is 11.8 Å². The molecule has 0 amide bonds. The average molecular weight is 155 g/mol. The predicted octanol–water partition coefficient (Wildman–Crippen LogP) is 0.510. The summed E-state index contributed by atoms with van der Waals surface area (Å²) in [5.41, 5.74) is 0. The second kappa shape index (κ2) is 3.26. The molecule has 0 saturated heterocycles. The van der Waals surface area contributed by atoms with E-state index in [-0.39, 0.29) is 5.12 Å². The van der Waals surface area contributed by atoms with Crippen LogP contribution < -0.4 is 0 Å². The molecule has 1 aromatic rings. The van der Waals surface area contributed by atoms with E-state index in [4.69, 9.17) is 0 Å². The van der Waals surface area contributed by atoms with Crippen LogP contribution in [0.15, 0.2) is 17.8 Å². The molecule has 0 fully saturated rings. The number of hydrogen-bond acceptors (Lipinski definition) is 5. The Morgan fingerprint density at radius 3 is 2.60 bits per heavy atom. The summed E-state index contributed by atoms with van der Waals surface area (Å²) < 4.78 is 0. The normalized spacial score (nSPS) is 9.30. The van der Waals surface area contributed by atoms with Crippen molar-refractivity contribution in [3.63, 3.8) is 0 Å². The summed E-state index contributed by atoms with van der Waals surface area (Å²) in [6, 6.07) is 0. The summed E-state index contributed by atoms with van der Waals surface area (Å²) in [4.78, 5) is 21.6. The Morgan fingerprint density at radius 2 is 2.10 bits per heavy atom. The van der Waals surface area contributed by atoms with Crippen molar-refractivity contribution in [1.82, 2.24) is 15.0 Å². The third-order valence-electron chi connectivity index (χ3n) is 0.705. The van der Waals surface area contributed by atoms with Gasteiger partial charge in [0.15, 0.2) is 10.3 Å². The van der Waals surface area contributed by atoms with Crippen LogP contribution in [-0.4, -0.2) is 20.1 Å². The molecule has 10 heavy (non-hydrogen) atoms. The monoisotopic (exact) mass is 155 g/mol. The zero-order valence-electron chi connectivity index (χ0n) is 5.31. The molecule has 5 heteroatoms. The number of carbonyl (C=O) groups excluding carboxylic acids is 1. The number of hydrogen-bond donors (Lipinski definition) is 0. The fourth-order valence-electron chi connectivity index (χ4n) is 0.410. The lowest BCUT2D eigenvalue weighted by Gasteiger charge is -1.89. The van der Waals surface area contributed by atoms with E-state index >= 15 is 0 Å². The number of nitrogens with zero attached hydrogens (tertiary/aromatic N) is 3. The Labute approximate surface area is 62.1 Å². The van der Waals surface area contributed by atoms with E-state index in [1.165, 1.54) is 19.6 Å². The van der Waals surface area contributed by atoms with Gasteiger partial charge in [-0.1, -0.05) is 0 Å². The molecule has 1 aromatic heterocycles. The van der Waals surface area contributed by atoms with Crippen LogP contribution in [0.2, 0.25) is 0 Å². The highest BCUT2D eigenvalue weighted by atomic mass is 32.2. The molecule has 0 atom stereocenters. The topological polar surface area (TPSA) is 55.7 Å². The Kier molecular flexibility index (Phi) is 2.33. The Bertz CT molecular complexity index is 226. The molecule has 0 aliphatic carbocycles. The second-order valence-electron chi connectivity index (χ2n) is 1.51. The van der Waals surface area contributed by atoms with Gasteiger partial charge in [-0.3, -0.25) is 4.79 Å². The third kappa shape index (κ3) is 2.10. The molecule has 0 N–H and O–H groups in total. The molecular weight excluding hydrogens is 150 g/mol. The van der Waals surface area contributed by atoms with Gasteiger partial charge in [-0.2, -0.15) is 0 Å². The van der Waals surface area contributed by atoms with Gasteiger partial charge in [0.25, 0.3) is 0 Å². The Morgan fingerprint density at radius 1 is 1.50 bits per heavy atom. The molecule has 0 bridgehead atoms. The first kappa shape index (κ1) is 7.14. The summed E-state index contributed by atoms with van der Waals surface area (Å²) in [6.07, 6.45) is 2.72. The van der Waals surface area contributed by atoms with Gasteiger partial charge >= 0.3 is 0 Å². The van der Waals surface area contributed by atoms with Gasteiger partial charge in [-0.25, -0.2) is 15.0 Å². The maximum atomic E-state index is 10.5. The summed E-state index contributed by atoms with van der Waals surface area (Å²) in [5.74, 6) is 0. The SMILES string of the molecule is CC(=O)Sc1ncncn1. The van der Waals surface area contributed by atoms with E-state index in [9.17, 15) is 4.79 Å². The minimum absolute atomic E-state index is 0.0220. The molecule has 1 rings (SSSR count). The number of thioether (sulfide) groups is 1. The lowest BCUT2D eigenvalue weighted by molar-refractivity contribution is -0.109. The molecule has 0 spiro atoms. The highest BCUT2D eigenvalue weighted by Gasteiger charge is 1.98. The molecular formula is C5H5N3OS. The van der Waals surface area contributed by atoms with Gasteiger partial charge in [0.2, 0.25) is 0 Å². The molecule has 52 valence electrons. The van der Waals surface area contributed by atoms with E-state index in [0.29, 0.717) is 5.16 Å². The zero-order valence-corrected chi connectivity index (χ0v) is 6.13. The van der Waals surface area contributed by atoms with E-state index < -0.39 is 0 Å². The maximum absolute atomic E-state index is 10.5. The Balaban J connectivity index is 2.67. The fraction of sp³-hybridized carbons (Fsp3) is 0.200. The van der Waals surface area contributed by atoms with Gasteiger partial charge in [0.05, 0.1) is 0 Å². The first-order valence-corrected chi connectivity index (χ1v) is 3.41. The molecule has 1 heterocycles. The van der Waals surface area contributed by atoms with Crippen molar-refractivity contribution in [2.75, 3.05) is 0 Å². The minimum Gasteiger partial charge on any atom is -0.287 e.